The maximum absolute atomic E-state index is 10.6. The van der Waals surface area contributed by atoms with Crippen molar-refractivity contribution in [2.24, 2.45) is 0 Å². The van der Waals surface area contributed by atoms with E-state index in [0.29, 0.717) is 5.57 Å². The van der Waals surface area contributed by atoms with Crippen LogP contribution in [0.2, 0.25) is 0 Å². The highest BCUT2D eigenvalue weighted by Crippen LogP contribution is 1.84. The van der Waals surface area contributed by atoms with Crippen LogP contribution in [-0.4, -0.2) is 29.0 Å². The Kier molecular flexibility index (Phi) is 3.68. The van der Waals surface area contributed by atoms with Crippen molar-refractivity contribution in [2.45, 2.75) is 13.2 Å². The second kappa shape index (κ2) is 4.03. The normalized spacial score (nSPS) is 9.60. The summed E-state index contributed by atoms with van der Waals surface area (Å²) >= 11 is 0. The molecule has 0 aliphatic carbocycles. The Morgan fingerprint density at radius 2 is 2.20 bits per heavy atom. The highest BCUT2D eigenvalue weighted by molar-refractivity contribution is 5.92. The lowest BCUT2D eigenvalue weighted by Gasteiger charge is -2.04. The Balaban J connectivity index is 3.50. The van der Waals surface area contributed by atoms with Gasteiger partial charge in [0.1, 0.15) is 0 Å². The van der Waals surface area contributed by atoms with E-state index in [1.165, 1.54) is 0 Å². The van der Waals surface area contributed by atoms with Crippen LogP contribution in [0.3, 0.4) is 0 Å². The summed E-state index contributed by atoms with van der Waals surface area (Å²) in [6.45, 7) is 4.74. The molecule has 0 rings (SSSR count). The van der Waals surface area contributed by atoms with Crippen LogP contribution in [0, 0.1) is 0 Å². The molecule has 0 heterocycles. The number of rotatable bonds is 3. The van der Waals surface area contributed by atoms with Crippen molar-refractivity contribution in [3.05, 3.63) is 12.2 Å². The molecule has 0 aliphatic rings. The molecular weight excluding hydrogens is 134 g/mol. The first-order valence-electron chi connectivity index (χ1n) is 2.84. The van der Waals surface area contributed by atoms with Crippen molar-refractivity contribution in [3.63, 3.8) is 0 Å². The fourth-order valence-electron chi connectivity index (χ4n) is 0.335. The fourth-order valence-corrected chi connectivity index (χ4v) is 0.335. The van der Waals surface area contributed by atoms with Gasteiger partial charge in [-0.15, -0.1) is 0 Å². The predicted molar refractivity (Wildman–Crippen MR) is 36.0 cm³/mol. The van der Waals surface area contributed by atoms with Crippen LogP contribution in [-0.2, 0) is 4.79 Å². The number of hydrogen-bond donors (Lipinski definition) is 3. The average molecular weight is 145 g/mol. The average Bonchev–Trinajstić information content (AvgIpc) is 1.82. The third-order valence-electron chi connectivity index (χ3n) is 0.833. The number of hydrogen-bond acceptors (Lipinski definition) is 3. The van der Waals surface area contributed by atoms with E-state index in [9.17, 15) is 4.79 Å². The lowest BCUT2D eigenvalue weighted by atomic mass is 10.3. The van der Waals surface area contributed by atoms with Gasteiger partial charge in [-0.25, -0.2) is 0 Å². The third kappa shape index (κ3) is 4.05. The minimum absolute atomic E-state index is 0.161. The zero-order valence-corrected chi connectivity index (χ0v) is 5.79. The molecule has 58 valence electrons. The van der Waals surface area contributed by atoms with Crippen LogP contribution < -0.4 is 5.32 Å². The molecule has 10 heavy (non-hydrogen) atoms. The molecule has 4 nitrogen and oxygen atoms in total. The van der Waals surface area contributed by atoms with Gasteiger partial charge >= 0.3 is 0 Å². The zero-order chi connectivity index (χ0) is 8.15. The van der Waals surface area contributed by atoms with E-state index in [-0.39, 0.29) is 12.5 Å². The molecule has 0 aromatic rings. The fraction of sp³-hybridized carbons (Fsp3) is 0.500. The van der Waals surface area contributed by atoms with Gasteiger partial charge in [0.15, 0.2) is 6.29 Å². The molecule has 1 amide bonds. The lowest BCUT2D eigenvalue weighted by molar-refractivity contribution is -0.119. The number of carbonyl (C=O) groups excluding carboxylic acids is 1. The van der Waals surface area contributed by atoms with Crippen LogP contribution in [0.1, 0.15) is 6.92 Å². The van der Waals surface area contributed by atoms with Crippen molar-refractivity contribution < 1.29 is 15.0 Å². The van der Waals surface area contributed by atoms with Gasteiger partial charge in [-0.3, -0.25) is 4.79 Å². The second-order valence-electron chi connectivity index (χ2n) is 1.97. The van der Waals surface area contributed by atoms with Crippen molar-refractivity contribution in [3.8, 4) is 0 Å². The van der Waals surface area contributed by atoms with Gasteiger partial charge in [0, 0.05) is 5.57 Å². The van der Waals surface area contributed by atoms with Crippen LogP contribution in [0.15, 0.2) is 12.2 Å². The van der Waals surface area contributed by atoms with Gasteiger partial charge < -0.3 is 15.5 Å². The smallest absolute Gasteiger partial charge is 0.246 e. The van der Waals surface area contributed by atoms with Crippen molar-refractivity contribution in [2.75, 3.05) is 6.54 Å². The molecule has 0 saturated heterocycles. The molecule has 0 unspecified atom stereocenters. The zero-order valence-electron chi connectivity index (χ0n) is 5.79. The van der Waals surface area contributed by atoms with Crippen molar-refractivity contribution in [1.29, 1.82) is 0 Å². The molecule has 0 bridgehead atoms. The SMILES string of the molecule is C=C(C)C(=O)NCC(O)O. The Morgan fingerprint density at radius 3 is 2.50 bits per heavy atom. The van der Waals surface area contributed by atoms with Gasteiger partial charge in [-0.2, -0.15) is 0 Å². The summed E-state index contributed by atoms with van der Waals surface area (Å²) < 4.78 is 0. The molecule has 0 aliphatic heterocycles. The number of aliphatic hydroxyl groups is 2. The largest absolute Gasteiger partial charge is 0.367 e. The molecule has 3 N–H and O–H groups in total. The first-order valence-corrected chi connectivity index (χ1v) is 2.84. The van der Waals surface area contributed by atoms with Crippen LogP contribution in [0.4, 0.5) is 0 Å². The van der Waals surface area contributed by atoms with E-state index in [2.05, 4.69) is 11.9 Å². The summed E-state index contributed by atoms with van der Waals surface area (Å²) in [5, 5.41) is 18.8. The van der Waals surface area contributed by atoms with E-state index in [1.807, 2.05) is 0 Å². The van der Waals surface area contributed by atoms with E-state index < -0.39 is 6.29 Å². The predicted octanol–water partition coefficient (Wildman–Crippen LogP) is -1.01. The maximum atomic E-state index is 10.6. The van der Waals surface area contributed by atoms with E-state index in [1.54, 1.807) is 6.92 Å². The number of amides is 1. The van der Waals surface area contributed by atoms with Gasteiger partial charge in [0.25, 0.3) is 0 Å². The highest BCUT2D eigenvalue weighted by Gasteiger charge is 2.02. The van der Waals surface area contributed by atoms with Gasteiger partial charge in [-0.1, -0.05) is 6.58 Å². The molecule has 0 spiro atoms. The standard InChI is InChI=1S/C6H11NO3/c1-4(2)6(10)7-3-5(8)9/h5,8-9H,1,3H2,2H3,(H,7,10). The topological polar surface area (TPSA) is 69.6 Å². The molecule has 0 radical (unpaired) electrons. The summed E-state index contributed by atoms with van der Waals surface area (Å²) in [5.41, 5.74) is 0.348. The second-order valence-corrected chi connectivity index (χ2v) is 1.97. The summed E-state index contributed by atoms with van der Waals surface area (Å²) in [6.07, 6.45) is -1.50. The Hall–Kier alpha value is -0.870. The Bertz CT molecular complexity index is 142. The molecule has 0 saturated carbocycles. The molecule has 0 fully saturated rings. The van der Waals surface area contributed by atoms with E-state index in [4.69, 9.17) is 10.2 Å². The summed E-state index contributed by atoms with van der Waals surface area (Å²) in [5.74, 6) is -0.367. The molecule has 0 atom stereocenters. The van der Waals surface area contributed by atoms with Crippen molar-refractivity contribution in [1.82, 2.24) is 5.32 Å². The molecule has 4 heteroatoms. The lowest BCUT2D eigenvalue weighted by Crippen LogP contribution is -2.31. The van der Waals surface area contributed by atoms with Gasteiger partial charge in [0.05, 0.1) is 6.54 Å². The maximum Gasteiger partial charge on any atom is 0.246 e. The highest BCUT2D eigenvalue weighted by atomic mass is 16.5. The Labute approximate surface area is 59.2 Å². The minimum atomic E-state index is -1.50. The quantitative estimate of drug-likeness (QED) is 0.352. The Morgan fingerprint density at radius 1 is 1.70 bits per heavy atom. The van der Waals surface area contributed by atoms with Gasteiger partial charge in [-0.05, 0) is 6.92 Å². The number of carbonyl (C=O) groups is 1. The van der Waals surface area contributed by atoms with Crippen LogP contribution in [0.5, 0.6) is 0 Å². The number of aliphatic hydroxyl groups excluding tert-OH is 1. The summed E-state index contributed by atoms with van der Waals surface area (Å²) in [4.78, 5) is 10.6. The molecule has 0 aromatic heterocycles. The van der Waals surface area contributed by atoms with Crippen molar-refractivity contribution >= 4 is 5.91 Å². The summed E-state index contributed by atoms with van der Waals surface area (Å²) in [7, 11) is 0. The molecule has 0 aromatic carbocycles. The van der Waals surface area contributed by atoms with Gasteiger partial charge in [0.2, 0.25) is 5.91 Å². The van der Waals surface area contributed by atoms with E-state index >= 15 is 0 Å². The summed E-state index contributed by atoms with van der Waals surface area (Å²) in [6, 6.07) is 0. The third-order valence-corrected chi connectivity index (χ3v) is 0.833. The minimum Gasteiger partial charge on any atom is -0.367 e. The van der Waals surface area contributed by atoms with Crippen LogP contribution >= 0.6 is 0 Å². The van der Waals surface area contributed by atoms with E-state index in [0.717, 1.165) is 0 Å². The number of nitrogens with one attached hydrogen (secondary N) is 1. The van der Waals surface area contributed by atoms with Crippen LogP contribution in [0.25, 0.3) is 0 Å². The first-order chi connectivity index (χ1) is 4.54. The molecular formula is C6H11NO3. The monoisotopic (exact) mass is 145 g/mol. The first kappa shape index (κ1) is 9.13.